The second-order valence-electron chi connectivity index (χ2n) is 6.16. The largest absolute Gasteiger partial charge is 0.595 e. The van der Waals surface area contributed by atoms with Gasteiger partial charge in [-0.25, -0.2) is 10.0 Å². The Hall–Kier alpha value is -3.78. The summed E-state index contributed by atoms with van der Waals surface area (Å²) in [5.74, 6) is -1.81. The molecule has 0 spiro atoms. The Morgan fingerprint density at radius 2 is 1.55 bits per heavy atom. The van der Waals surface area contributed by atoms with Gasteiger partial charge in [0.15, 0.2) is 5.69 Å². The van der Waals surface area contributed by atoms with Gasteiger partial charge in [-0.2, -0.15) is 5.23 Å². The number of amides is 1. The first-order chi connectivity index (χ1) is 14.0. The number of carboxylic acid groups (broad SMARTS) is 1. The van der Waals surface area contributed by atoms with E-state index in [9.17, 15) is 25.1 Å². The first kappa shape index (κ1) is 20.0. The van der Waals surface area contributed by atoms with Gasteiger partial charge in [-0.15, -0.1) is 0 Å². The van der Waals surface area contributed by atoms with E-state index in [1.54, 1.807) is 36.4 Å². The Bertz CT molecular complexity index is 1050. The molecule has 0 fully saturated rings. The average molecular weight is 390 g/mol. The minimum Gasteiger partial charge on any atom is -0.595 e. The van der Waals surface area contributed by atoms with Crippen molar-refractivity contribution in [1.29, 1.82) is 0 Å². The molecule has 7 heteroatoms. The highest BCUT2D eigenvalue weighted by Crippen LogP contribution is 2.26. The van der Waals surface area contributed by atoms with Crippen molar-refractivity contribution in [3.8, 4) is 0 Å². The lowest BCUT2D eigenvalue weighted by Crippen LogP contribution is -2.99. The molecule has 0 saturated carbocycles. The first-order valence-corrected chi connectivity index (χ1v) is 8.70. The smallest absolute Gasteiger partial charge is 0.337 e. The second-order valence-corrected chi connectivity index (χ2v) is 6.16. The van der Waals surface area contributed by atoms with Crippen LogP contribution in [0.15, 0.2) is 72.8 Å². The SMILES string of the molecule is O=C(Nc1cc([NH+]([O-])O)c(C=Cc2ccccc2)cc1C(=O)O)c1ccccc1. The molecule has 1 amide bonds. The highest BCUT2D eigenvalue weighted by molar-refractivity contribution is 6.08. The highest BCUT2D eigenvalue weighted by Gasteiger charge is 2.19. The summed E-state index contributed by atoms with van der Waals surface area (Å²) in [7, 11) is 0. The minimum absolute atomic E-state index is 0.0828. The van der Waals surface area contributed by atoms with E-state index in [2.05, 4.69) is 5.32 Å². The number of hydrogen-bond acceptors (Lipinski definition) is 4. The third kappa shape index (κ3) is 4.94. The molecule has 7 nitrogen and oxygen atoms in total. The average Bonchev–Trinajstić information content (AvgIpc) is 2.73. The number of quaternary nitrogens is 1. The predicted molar refractivity (Wildman–Crippen MR) is 109 cm³/mol. The van der Waals surface area contributed by atoms with E-state index in [0.717, 1.165) is 11.6 Å². The van der Waals surface area contributed by atoms with Gasteiger partial charge in [-0.05, 0) is 29.8 Å². The van der Waals surface area contributed by atoms with Crippen molar-refractivity contribution in [1.82, 2.24) is 0 Å². The van der Waals surface area contributed by atoms with Gasteiger partial charge in [0.2, 0.25) is 0 Å². The molecule has 0 aliphatic carbocycles. The van der Waals surface area contributed by atoms with Crippen molar-refractivity contribution in [2.24, 2.45) is 0 Å². The fourth-order valence-electron chi connectivity index (χ4n) is 2.75. The lowest BCUT2D eigenvalue weighted by molar-refractivity contribution is -0.991. The van der Waals surface area contributed by atoms with Gasteiger partial charge in [-0.3, -0.25) is 4.79 Å². The summed E-state index contributed by atoms with van der Waals surface area (Å²) in [6, 6.07) is 19.8. The molecule has 0 aliphatic heterocycles. The predicted octanol–water partition coefficient (Wildman–Crippen LogP) is 3.21. The topological polar surface area (TPSA) is 114 Å². The van der Waals surface area contributed by atoms with Gasteiger partial charge in [-0.1, -0.05) is 54.6 Å². The van der Waals surface area contributed by atoms with E-state index in [1.807, 2.05) is 30.3 Å². The number of nitrogens with one attached hydrogen (secondary N) is 2. The summed E-state index contributed by atoms with van der Waals surface area (Å²) < 4.78 is 0. The number of aromatic carboxylic acids is 1. The monoisotopic (exact) mass is 390 g/mol. The zero-order chi connectivity index (χ0) is 20.8. The van der Waals surface area contributed by atoms with E-state index in [0.29, 0.717) is 5.56 Å². The molecule has 0 bridgehead atoms. The fourth-order valence-corrected chi connectivity index (χ4v) is 2.75. The van der Waals surface area contributed by atoms with Gasteiger partial charge < -0.3 is 15.6 Å². The minimum atomic E-state index is -1.28. The summed E-state index contributed by atoms with van der Waals surface area (Å²) in [6.07, 6.45) is 3.23. The lowest BCUT2D eigenvalue weighted by atomic mass is 10.0. The number of carbonyl (C=O) groups excluding carboxylic acids is 1. The molecule has 1 atom stereocenters. The van der Waals surface area contributed by atoms with E-state index < -0.39 is 17.1 Å². The number of carbonyl (C=O) groups is 2. The van der Waals surface area contributed by atoms with Crippen molar-refractivity contribution < 1.29 is 25.1 Å². The molecular weight excluding hydrogens is 372 g/mol. The molecule has 3 rings (SSSR count). The summed E-state index contributed by atoms with van der Waals surface area (Å²) in [5, 5.41) is 32.1. The van der Waals surface area contributed by atoms with Crippen molar-refractivity contribution in [2.75, 3.05) is 5.32 Å². The summed E-state index contributed by atoms with van der Waals surface area (Å²) >= 11 is 0. The maximum atomic E-state index is 12.4. The molecular formula is C22H18N2O5. The number of anilines is 1. The molecule has 0 saturated heterocycles. The van der Waals surface area contributed by atoms with Crippen LogP contribution in [0.3, 0.4) is 0 Å². The van der Waals surface area contributed by atoms with Crippen LogP contribution in [-0.4, -0.2) is 22.2 Å². The molecule has 0 heterocycles. The van der Waals surface area contributed by atoms with E-state index in [1.165, 1.54) is 12.1 Å². The van der Waals surface area contributed by atoms with Gasteiger partial charge in [0.05, 0.1) is 11.3 Å². The Morgan fingerprint density at radius 1 is 0.931 bits per heavy atom. The summed E-state index contributed by atoms with van der Waals surface area (Å²) in [4.78, 5) is 24.1. The summed E-state index contributed by atoms with van der Waals surface area (Å²) in [6.45, 7) is 0. The van der Waals surface area contributed by atoms with Crippen LogP contribution in [-0.2, 0) is 0 Å². The Kier molecular flexibility index (Phi) is 6.16. The first-order valence-electron chi connectivity index (χ1n) is 8.70. The van der Waals surface area contributed by atoms with Crippen LogP contribution in [0.25, 0.3) is 12.2 Å². The van der Waals surface area contributed by atoms with Gasteiger partial charge >= 0.3 is 5.97 Å². The van der Waals surface area contributed by atoms with Gasteiger partial charge in [0.25, 0.3) is 5.91 Å². The fraction of sp³-hybridized carbons (Fsp3) is 0. The van der Waals surface area contributed by atoms with Crippen LogP contribution in [0.2, 0.25) is 0 Å². The standard InChI is InChI=1S/C22H18N2O5/c25-21(16-9-5-2-6-10-16)23-19-14-20(24(28)29)17(13-18(19)22(26)27)12-11-15-7-3-1-4-8-15/h1-14,24,28H,(H,23,25)(H,26,27). The zero-order valence-corrected chi connectivity index (χ0v) is 15.2. The molecule has 1 unspecified atom stereocenters. The number of carboxylic acids is 1. The molecule has 3 aromatic carbocycles. The molecule has 3 aromatic rings. The zero-order valence-electron chi connectivity index (χ0n) is 15.2. The van der Waals surface area contributed by atoms with Crippen molar-refractivity contribution in [3.05, 3.63) is 100 Å². The maximum absolute atomic E-state index is 12.4. The molecule has 146 valence electrons. The van der Waals surface area contributed by atoms with Crippen LogP contribution in [0.1, 0.15) is 31.8 Å². The van der Waals surface area contributed by atoms with Gasteiger partial charge in [0.1, 0.15) is 0 Å². The molecule has 0 radical (unpaired) electrons. The van der Waals surface area contributed by atoms with E-state index in [4.69, 9.17) is 0 Å². The summed E-state index contributed by atoms with van der Waals surface area (Å²) in [5.41, 5.74) is 0.977. The van der Waals surface area contributed by atoms with Crippen molar-refractivity contribution in [3.63, 3.8) is 0 Å². The van der Waals surface area contributed by atoms with Crippen LogP contribution in [0.5, 0.6) is 0 Å². The number of rotatable bonds is 6. The quantitative estimate of drug-likeness (QED) is 0.381. The Labute approximate surface area is 166 Å². The number of benzene rings is 3. The lowest BCUT2D eigenvalue weighted by Gasteiger charge is -2.17. The Balaban J connectivity index is 2.01. The van der Waals surface area contributed by atoms with Crippen LogP contribution in [0.4, 0.5) is 11.4 Å². The molecule has 29 heavy (non-hydrogen) atoms. The van der Waals surface area contributed by atoms with E-state index >= 15 is 0 Å². The third-order valence-corrected chi connectivity index (χ3v) is 4.19. The van der Waals surface area contributed by atoms with Crippen LogP contribution in [0, 0.1) is 5.21 Å². The van der Waals surface area contributed by atoms with Crippen molar-refractivity contribution >= 4 is 35.4 Å². The van der Waals surface area contributed by atoms with Crippen molar-refractivity contribution in [2.45, 2.75) is 0 Å². The van der Waals surface area contributed by atoms with Gasteiger partial charge in [0, 0.05) is 17.2 Å². The second kappa shape index (κ2) is 8.94. The van der Waals surface area contributed by atoms with E-state index in [-0.39, 0.29) is 22.5 Å². The number of hydrogen-bond donors (Lipinski definition) is 4. The maximum Gasteiger partial charge on any atom is 0.337 e. The molecule has 4 N–H and O–H groups in total. The molecule has 0 aliphatic rings. The molecule has 0 aromatic heterocycles. The highest BCUT2D eigenvalue weighted by atomic mass is 16.8. The van der Waals surface area contributed by atoms with Crippen LogP contribution < -0.4 is 10.5 Å². The normalized spacial score (nSPS) is 11.9. The Morgan fingerprint density at radius 3 is 2.14 bits per heavy atom. The van der Waals surface area contributed by atoms with Crippen LogP contribution >= 0.6 is 0 Å². The third-order valence-electron chi connectivity index (χ3n) is 4.19.